The molecule has 1 N–H and O–H groups in total. The van der Waals surface area contributed by atoms with Crippen LogP contribution in [0.5, 0.6) is 0 Å². The Bertz CT molecular complexity index is 970. The summed E-state index contributed by atoms with van der Waals surface area (Å²) < 4.78 is 2.18. The number of aromatic nitrogens is 2. The van der Waals surface area contributed by atoms with Gasteiger partial charge in [0.2, 0.25) is 0 Å². The van der Waals surface area contributed by atoms with Gasteiger partial charge in [0, 0.05) is 24.3 Å². The number of fused-ring (bicyclic) bond motifs is 1. The molecule has 0 unspecified atom stereocenters. The number of anilines is 1. The Morgan fingerprint density at radius 1 is 1.04 bits per heavy atom. The SMILES string of the molecule is Cc1ccc(NC(=O)c2ccc3c(c2)ncn3CCN2CCCC2)cc1C. The van der Waals surface area contributed by atoms with Crippen molar-refractivity contribution in [2.24, 2.45) is 0 Å². The lowest BCUT2D eigenvalue weighted by Gasteiger charge is -2.15. The van der Waals surface area contributed by atoms with Crippen LogP contribution in [0.4, 0.5) is 5.69 Å². The van der Waals surface area contributed by atoms with Gasteiger partial charge in [-0.1, -0.05) is 6.07 Å². The van der Waals surface area contributed by atoms with Crippen LogP contribution >= 0.6 is 0 Å². The first-order valence-corrected chi connectivity index (χ1v) is 9.66. The third-order valence-corrected chi connectivity index (χ3v) is 5.50. The number of hydrogen-bond donors (Lipinski definition) is 1. The van der Waals surface area contributed by atoms with Crippen molar-refractivity contribution in [1.82, 2.24) is 14.5 Å². The summed E-state index contributed by atoms with van der Waals surface area (Å²) in [6.07, 6.45) is 4.50. The van der Waals surface area contributed by atoms with Crippen molar-refractivity contribution in [1.29, 1.82) is 0 Å². The quantitative estimate of drug-likeness (QED) is 0.746. The molecule has 1 fully saturated rings. The van der Waals surface area contributed by atoms with Gasteiger partial charge in [0.15, 0.2) is 0 Å². The minimum absolute atomic E-state index is 0.105. The number of nitrogens with zero attached hydrogens (tertiary/aromatic N) is 3. The Hall–Kier alpha value is -2.66. The average Bonchev–Trinajstić information content (AvgIpc) is 3.32. The van der Waals surface area contributed by atoms with Crippen LogP contribution in [0.2, 0.25) is 0 Å². The number of benzene rings is 2. The summed E-state index contributed by atoms with van der Waals surface area (Å²) in [5, 5.41) is 2.98. The van der Waals surface area contributed by atoms with Crippen molar-refractivity contribution in [2.75, 3.05) is 25.0 Å². The van der Waals surface area contributed by atoms with Gasteiger partial charge in [-0.3, -0.25) is 4.79 Å². The molecule has 1 aliphatic rings. The highest BCUT2D eigenvalue weighted by Gasteiger charge is 2.13. The summed E-state index contributed by atoms with van der Waals surface area (Å²) in [4.78, 5) is 19.6. The Morgan fingerprint density at radius 2 is 1.85 bits per heavy atom. The number of hydrogen-bond acceptors (Lipinski definition) is 3. The monoisotopic (exact) mass is 362 g/mol. The van der Waals surface area contributed by atoms with Crippen LogP contribution in [-0.4, -0.2) is 40.0 Å². The number of nitrogens with one attached hydrogen (secondary N) is 1. The van der Waals surface area contributed by atoms with E-state index >= 15 is 0 Å². The zero-order chi connectivity index (χ0) is 18.8. The van der Waals surface area contributed by atoms with Crippen LogP contribution in [0, 0.1) is 13.8 Å². The summed E-state index contributed by atoms with van der Waals surface area (Å²) >= 11 is 0. The first-order valence-electron chi connectivity index (χ1n) is 9.66. The minimum atomic E-state index is -0.105. The van der Waals surface area contributed by atoms with Gasteiger partial charge < -0.3 is 14.8 Å². The molecule has 5 nitrogen and oxygen atoms in total. The summed E-state index contributed by atoms with van der Waals surface area (Å²) in [5.74, 6) is -0.105. The van der Waals surface area contributed by atoms with Crippen molar-refractivity contribution in [3.63, 3.8) is 0 Å². The van der Waals surface area contributed by atoms with Crippen molar-refractivity contribution in [3.05, 3.63) is 59.4 Å². The maximum absolute atomic E-state index is 12.6. The van der Waals surface area contributed by atoms with Gasteiger partial charge in [0.05, 0.1) is 17.4 Å². The molecule has 1 amide bonds. The largest absolute Gasteiger partial charge is 0.329 e. The molecule has 1 aliphatic heterocycles. The number of carbonyl (C=O) groups is 1. The maximum Gasteiger partial charge on any atom is 0.255 e. The molecule has 0 atom stereocenters. The van der Waals surface area contributed by atoms with Crippen LogP contribution in [0.25, 0.3) is 11.0 Å². The van der Waals surface area contributed by atoms with Crippen LogP contribution < -0.4 is 5.32 Å². The van der Waals surface area contributed by atoms with Gasteiger partial charge in [0.25, 0.3) is 5.91 Å². The fourth-order valence-electron chi connectivity index (χ4n) is 3.66. The lowest BCUT2D eigenvalue weighted by molar-refractivity contribution is 0.102. The van der Waals surface area contributed by atoms with Gasteiger partial charge >= 0.3 is 0 Å². The number of imidazole rings is 1. The van der Waals surface area contributed by atoms with Crippen molar-refractivity contribution >= 4 is 22.6 Å². The molecular formula is C22H26N4O. The number of carbonyl (C=O) groups excluding carboxylic acids is 1. The van der Waals surface area contributed by atoms with E-state index in [1.54, 1.807) is 0 Å². The predicted octanol–water partition coefficient (Wildman–Crippen LogP) is 4.00. The van der Waals surface area contributed by atoms with Gasteiger partial charge in [0.1, 0.15) is 0 Å². The van der Waals surface area contributed by atoms with E-state index in [0.717, 1.165) is 29.8 Å². The Labute approximate surface area is 160 Å². The second kappa shape index (κ2) is 7.53. The van der Waals surface area contributed by atoms with E-state index in [0.29, 0.717) is 5.56 Å². The number of aryl methyl sites for hydroxylation is 2. The molecule has 3 aromatic rings. The van der Waals surface area contributed by atoms with Crippen molar-refractivity contribution < 1.29 is 4.79 Å². The van der Waals surface area contributed by atoms with E-state index < -0.39 is 0 Å². The number of likely N-dealkylation sites (tertiary alicyclic amines) is 1. The number of rotatable bonds is 5. The van der Waals surface area contributed by atoms with Gasteiger partial charge in [-0.2, -0.15) is 0 Å². The summed E-state index contributed by atoms with van der Waals surface area (Å²) in [5.41, 5.74) is 5.78. The zero-order valence-electron chi connectivity index (χ0n) is 16.0. The fraction of sp³-hybridized carbons (Fsp3) is 0.364. The van der Waals surface area contributed by atoms with Crippen LogP contribution in [-0.2, 0) is 6.54 Å². The Balaban J connectivity index is 1.47. The molecule has 1 aromatic heterocycles. The third kappa shape index (κ3) is 3.88. The van der Waals surface area contributed by atoms with E-state index in [9.17, 15) is 4.79 Å². The Morgan fingerprint density at radius 3 is 2.63 bits per heavy atom. The van der Waals surface area contributed by atoms with Crippen LogP contribution in [0.15, 0.2) is 42.7 Å². The second-order valence-electron chi connectivity index (χ2n) is 7.44. The Kier molecular flexibility index (Phi) is 4.94. The van der Waals surface area contributed by atoms with E-state index in [2.05, 4.69) is 26.7 Å². The summed E-state index contributed by atoms with van der Waals surface area (Å²) in [7, 11) is 0. The van der Waals surface area contributed by atoms with Gasteiger partial charge in [-0.05, 0) is 81.2 Å². The molecule has 0 aliphatic carbocycles. The molecule has 2 heterocycles. The minimum Gasteiger partial charge on any atom is -0.329 e. The van der Waals surface area contributed by atoms with Crippen molar-refractivity contribution in [3.8, 4) is 0 Å². The second-order valence-corrected chi connectivity index (χ2v) is 7.44. The molecule has 1 saturated heterocycles. The van der Waals surface area contributed by atoms with Gasteiger partial charge in [-0.15, -0.1) is 0 Å². The van der Waals surface area contributed by atoms with E-state index in [1.807, 2.05) is 49.6 Å². The molecule has 27 heavy (non-hydrogen) atoms. The first kappa shape index (κ1) is 17.7. The molecule has 5 heteroatoms. The highest BCUT2D eigenvalue weighted by Crippen LogP contribution is 2.19. The van der Waals surface area contributed by atoms with E-state index in [1.165, 1.54) is 37.1 Å². The van der Waals surface area contributed by atoms with Crippen LogP contribution in [0.3, 0.4) is 0 Å². The van der Waals surface area contributed by atoms with E-state index in [4.69, 9.17) is 0 Å². The average molecular weight is 362 g/mol. The van der Waals surface area contributed by atoms with E-state index in [-0.39, 0.29) is 5.91 Å². The first-order chi connectivity index (χ1) is 13.1. The fourth-order valence-corrected chi connectivity index (χ4v) is 3.66. The van der Waals surface area contributed by atoms with Crippen molar-refractivity contribution in [2.45, 2.75) is 33.2 Å². The zero-order valence-corrected chi connectivity index (χ0v) is 16.0. The maximum atomic E-state index is 12.6. The molecule has 0 radical (unpaired) electrons. The number of amides is 1. The smallest absolute Gasteiger partial charge is 0.255 e. The molecule has 4 rings (SSSR count). The van der Waals surface area contributed by atoms with Crippen LogP contribution in [0.1, 0.15) is 34.3 Å². The molecule has 140 valence electrons. The lowest BCUT2D eigenvalue weighted by Crippen LogP contribution is -2.23. The standard InChI is InChI=1S/C22H26N4O/c1-16-5-7-19(13-17(16)2)24-22(27)18-6-8-21-20(14-18)23-15-26(21)12-11-25-9-3-4-10-25/h5-8,13-15H,3-4,9-12H2,1-2H3,(H,24,27). The normalized spacial score (nSPS) is 14.7. The molecule has 0 bridgehead atoms. The molecular weight excluding hydrogens is 336 g/mol. The third-order valence-electron chi connectivity index (χ3n) is 5.50. The predicted molar refractivity (Wildman–Crippen MR) is 109 cm³/mol. The molecule has 0 spiro atoms. The highest BCUT2D eigenvalue weighted by atomic mass is 16.1. The highest BCUT2D eigenvalue weighted by molar-refractivity contribution is 6.06. The summed E-state index contributed by atoms with van der Waals surface area (Å²) in [6.45, 7) is 8.51. The van der Waals surface area contributed by atoms with Gasteiger partial charge in [-0.25, -0.2) is 4.98 Å². The molecule has 2 aromatic carbocycles. The molecule has 0 saturated carbocycles. The lowest BCUT2D eigenvalue weighted by atomic mass is 10.1. The topological polar surface area (TPSA) is 50.2 Å². The summed E-state index contributed by atoms with van der Waals surface area (Å²) in [6, 6.07) is 11.7.